The number of rotatable bonds is 5. The van der Waals surface area contributed by atoms with E-state index in [-0.39, 0.29) is 11.9 Å². The Kier molecular flexibility index (Phi) is 4.71. The van der Waals surface area contributed by atoms with Crippen LogP contribution in [-0.2, 0) is 16.0 Å². The molecule has 0 saturated heterocycles. The molecule has 1 atom stereocenters. The van der Waals surface area contributed by atoms with Crippen molar-refractivity contribution >= 4 is 16.7 Å². The monoisotopic (exact) mass is 317 g/mol. The van der Waals surface area contributed by atoms with Gasteiger partial charge >= 0.3 is 5.97 Å². The van der Waals surface area contributed by atoms with Crippen LogP contribution in [0.1, 0.15) is 17.2 Å². The fraction of sp³-hybridized carbons (Fsp3) is 0.143. The van der Waals surface area contributed by atoms with Gasteiger partial charge in [-0.1, -0.05) is 61.2 Å². The molecule has 1 aromatic heterocycles. The first-order valence-corrected chi connectivity index (χ1v) is 7.85. The third kappa shape index (κ3) is 3.20. The van der Waals surface area contributed by atoms with Crippen LogP contribution < -0.4 is 0 Å². The van der Waals surface area contributed by atoms with Gasteiger partial charge in [0.2, 0.25) is 0 Å². The van der Waals surface area contributed by atoms with Gasteiger partial charge in [-0.25, -0.2) is 4.79 Å². The maximum Gasteiger partial charge on any atom is 0.333 e. The maximum atomic E-state index is 12.0. The van der Waals surface area contributed by atoms with Gasteiger partial charge in [-0.15, -0.1) is 0 Å². The van der Waals surface area contributed by atoms with Crippen LogP contribution in [0.5, 0.6) is 0 Å². The molecule has 3 nitrogen and oxygen atoms in total. The molecule has 120 valence electrons. The van der Waals surface area contributed by atoms with Crippen LogP contribution in [0.2, 0.25) is 0 Å². The average molecular weight is 317 g/mol. The van der Waals surface area contributed by atoms with Crippen molar-refractivity contribution in [2.45, 2.75) is 12.3 Å². The van der Waals surface area contributed by atoms with Gasteiger partial charge in [0.25, 0.3) is 0 Å². The number of nitrogens with zero attached hydrogens (tertiary/aromatic N) is 1. The Morgan fingerprint density at radius 1 is 1.08 bits per heavy atom. The van der Waals surface area contributed by atoms with E-state index < -0.39 is 0 Å². The normalized spacial score (nSPS) is 11.9. The smallest absolute Gasteiger partial charge is 0.333 e. The van der Waals surface area contributed by atoms with Crippen LogP contribution in [0.3, 0.4) is 0 Å². The lowest BCUT2D eigenvalue weighted by Gasteiger charge is -2.19. The van der Waals surface area contributed by atoms with Crippen molar-refractivity contribution in [2.24, 2.45) is 0 Å². The van der Waals surface area contributed by atoms with Crippen LogP contribution in [0.25, 0.3) is 10.8 Å². The molecule has 0 aliphatic carbocycles. The van der Waals surface area contributed by atoms with Crippen molar-refractivity contribution in [1.82, 2.24) is 4.98 Å². The van der Waals surface area contributed by atoms with E-state index in [1.807, 2.05) is 48.5 Å². The van der Waals surface area contributed by atoms with Crippen molar-refractivity contribution in [3.8, 4) is 0 Å². The van der Waals surface area contributed by atoms with E-state index >= 15 is 0 Å². The predicted molar refractivity (Wildman–Crippen MR) is 95.8 cm³/mol. The minimum absolute atomic E-state index is 0.169. The quantitative estimate of drug-likeness (QED) is 0.520. The van der Waals surface area contributed by atoms with Gasteiger partial charge < -0.3 is 4.74 Å². The molecule has 0 saturated carbocycles. The number of benzene rings is 2. The lowest BCUT2D eigenvalue weighted by atomic mass is 9.87. The number of pyridine rings is 1. The molecule has 0 fully saturated rings. The summed E-state index contributed by atoms with van der Waals surface area (Å²) in [5.74, 6) is -0.555. The summed E-state index contributed by atoms with van der Waals surface area (Å²) in [5.41, 5.74) is 2.42. The zero-order valence-electron chi connectivity index (χ0n) is 13.6. The summed E-state index contributed by atoms with van der Waals surface area (Å²) in [7, 11) is 1.38. The second-order valence-electron chi connectivity index (χ2n) is 5.66. The van der Waals surface area contributed by atoms with Crippen LogP contribution in [0, 0.1) is 0 Å². The third-order valence-electron chi connectivity index (χ3n) is 4.22. The topological polar surface area (TPSA) is 39.2 Å². The highest BCUT2D eigenvalue weighted by molar-refractivity contribution is 5.90. The first kappa shape index (κ1) is 15.9. The molecule has 3 rings (SSSR count). The molecule has 2 aromatic carbocycles. The number of hydrogen-bond donors (Lipinski definition) is 0. The third-order valence-corrected chi connectivity index (χ3v) is 4.22. The molecule has 3 aromatic rings. The molecule has 0 unspecified atom stereocenters. The second-order valence-corrected chi connectivity index (χ2v) is 5.66. The second kappa shape index (κ2) is 7.09. The van der Waals surface area contributed by atoms with E-state index in [4.69, 9.17) is 4.74 Å². The fourth-order valence-electron chi connectivity index (χ4n) is 2.94. The first-order chi connectivity index (χ1) is 11.7. The first-order valence-electron chi connectivity index (χ1n) is 7.85. The van der Waals surface area contributed by atoms with E-state index in [9.17, 15) is 4.79 Å². The maximum absolute atomic E-state index is 12.0. The Morgan fingerprint density at radius 3 is 2.54 bits per heavy atom. The molecule has 3 heteroatoms. The van der Waals surface area contributed by atoms with Gasteiger partial charge in [-0.05, 0) is 17.0 Å². The summed E-state index contributed by atoms with van der Waals surface area (Å²) in [6.45, 7) is 3.98. The van der Waals surface area contributed by atoms with Gasteiger partial charge in [-0.2, -0.15) is 0 Å². The molecule has 24 heavy (non-hydrogen) atoms. The van der Waals surface area contributed by atoms with Crippen LogP contribution in [0.4, 0.5) is 0 Å². The van der Waals surface area contributed by atoms with Gasteiger partial charge in [-0.3, -0.25) is 4.98 Å². The summed E-state index contributed by atoms with van der Waals surface area (Å²) in [4.78, 5) is 16.6. The Morgan fingerprint density at radius 2 is 1.79 bits per heavy atom. The zero-order valence-corrected chi connectivity index (χ0v) is 13.6. The summed E-state index contributed by atoms with van der Waals surface area (Å²) in [5, 5.41) is 2.23. The molecule has 1 heterocycles. The molecule has 0 bridgehead atoms. The molecule has 0 aliphatic rings. The molecular formula is C21H19NO2. The van der Waals surface area contributed by atoms with Crippen molar-refractivity contribution < 1.29 is 9.53 Å². The average Bonchev–Trinajstić information content (AvgIpc) is 2.65. The number of esters is 1. The number of methoxy groups -OCH3 is 1. The summed E-state index contributed by atoms with van der Waals surface area (Å²) < 4.78 is 4.88. The van der Waals surface area contributed by atoms with Crippen LogP contribution in [0.15, 0.2) is 79.0 Å². The molecule has 0 aliphatic heterocycles. The van der Waals surface area contributed by atoms with E-state index in [0.29, 0.717) is 12.0 Å². The zero-order chi connectivity index (χ0) is 16.9. The Hall–Kier alpha value is -2.94. The lowest BCUT2D eigenvalue weighted by Crippen LogP contribution is -2.15. The molecule has 0 amide bonds. The number of carbonyl (C=O) groups is 1. The molecule has 0 N–H and O–H groups in total. The largest absolute Gasteiger partial charge is 0.466 e. The standard InChI is InChI=1S/C21H19NO2/c1-15(21(23)24-2)19(16-8-4-3-5-9-16)14-20-18-11-7-6-10-17(18)12-13-22-20/h3-13,19H,1,14H2,2H3/t19-/m0/s1. The summed E-state index contributed by atoms with van der Waals surface area (Å²) in [6.07, 6.45) is 2.40. The van der Waals surface area contributed by atoms with E-state index in [1.54, 1.807) is 6.20 Å². The van der Waals surface area contributed by atoms with Gasteiger partial charge in [0, 0.05) is 35.2 Å². The van der Waals surface area contributed by atoms with Gasteiger partial charge in [0.1, 0.15) is 0 Å². The molecule has 0 spiro atoms. The highest BCUT2D eigenvalue weighted by atomic mass is 16.5. The molecular weight excluding hydrogens is 298 g/mol. The fourth-order valence-corrected chi connectivity index (χ4v) is 2.94. The Bertz CT molecular complexity index is 866. The molecule has 0 radical (unpaired) electrons. The van der Waals surface area contributed by atoms with Crippen LogP contribution in [-0.4, -0.2) is 18.1 Å². The summed E-state index contributed by atoms with van der Waals surface area (Å²) in [6, 6.07) is 20.0. The number of hydrogen-bond acceptors (Lipinski definition) is 3. The highest BCUT2D eigenvalue weighted by Crippen LogP contribution is 2.30. The minimum atomic E-state index is -0.385. The Balaban J connectivity index is 2.03. The van der Waals surface area contributed by atoms with Crippen molar-refractivity contribution in [3.63, 3.8) is 0 Å². The van der Waals surface area contributed by atoms with E-state index in [1.165, 1.54) is 7.11 Å². The van der Waals surface area contributed by atoms with E-state index in [2.05, 4.69) is 23.7 Å². The van der Waals surface area contributed by atoms with Crippen molar-refractivity contribution in [3.05, 3.63) is 90.3 Å². The van der Waals surface area contributed by atoms with E-state index in [0.717, 1.165) is 22.0 Å². The predicted octanol–water partition coefficient (Wildman–Crippen LogP) is 4.29. The number of aromatic nitrogens is 1. The van der Waals surface area contributed by atoms with Gasteiger partial charge in [0.15, 0.2) is 0 Å². The minimum Gasteiger partial charge on any atom is -0.466 e. The Labute approximate surface area is 141 Å². The SMILES string of the molecule is C=C(C(=O)OC)[C@H](Cc1nccc2ccccc12)c1ccccc1. The number of carbonyl (C=O) groups excluding carboxylic acids is 1. The number of ether oxygens (including phenoxy) is 1. The van der Waals surface area contributed by atoms with Crippen molar-refractivity contribution in [2.75, 3.05) is 7.11 Å². The lowest BCUT2D eigenvalue weighted by molar-refractivity contribution is -0.136. The van der Waals surface area contributed by atoms with Crippen LogP contribution >= 0.6 is 0 Å². The highest BCUT2D eigenvalue weighted by Gasteiger charge is 2.23. The number of fused-ring (bicyclic) bond motifs is 1. The van der Waals surface area contributed by atoms with Gasteiger partial charge in [0.05, 0.1) is 7.11 Å². The van der Waals surface area contributed by atoms with Crippen molar-refractivity contribution in [1.29, 1.82) is 0 Å². The summed E-state index contributed by atoms with van der Waals surface area (Å²) >= 11 is 0.